The number of benzene rings is 1. The molecule has 0 saturated heterocycles. The molecule has 0 saturated carbocycles. The van der Waals surface area contributed by atoms with E-state index in [-0.39, 0.29) is 50.0 Å². The molecule has 0 aromatic heterocycles. The third-order valence-corrected chi connectivity index (χ3v) is 9.82. The first-order chi connectivity index (χ1) is 29.3. The van der Waals surface area contributed by atoms with E-state index in [4.69, 9.17) is 17.2 Å². The summed E-state index contributed by atoms with van der Waals surface area (Å²) in [6, 6.07) is -0.251. The summed E-state index contributed by atoms with van der Waals surface area (Å²) in [5, 5.41) is 28.1. The Kier molecular flexibility index (Phi) is 23.9. The summed E-state index contributed by atoms with van der Waals surface area (Å²) in [7, 11) is 0. The Bertz CT molecular complexity index is 1720. The maximum absolute atomic E-state index is 14.2. The van der Waals surface area contributed by atoms with Gasteiger partial charge in [0.1, 0.15) is 42.3 Å². The summed E-state index contributed by atoms with van der Waals surface area (Å²) in [6.45, 7) is 17.1. The van der Waals surface area contributed by atoms with Gasteiger partial charge in [-0.25, -0.2) is 4.79 Å². The molecule has 0 unspecified atom stereocenters. The molecule has 354 valence electrons. The molecule has 0 fully saturated rings. The van der Waals surface area contributed by atoms with E-state index in [1.165, 1.54) is 13.8 Å². The van der Waals surface area contributed by atoms with Crippen LogP contribution in [0.4, 0.5) is 0 Å². The highest BCUT2D eigenvalue weighted by molar-refractivity contribution is 5.97. The number of carbonyl (C=O) groups is 8. The molecule has 20 heteroatoms. The predicted octanol–water partition coefficient (Wildman–Crippen LogP) is -0.468. The van der Waals surface area contributed by atoms with Crippen molar-refractivity contribution in [2.75, 3.05) is 6.54 Å². The molecular formula is C43H73N11O9. The van der Waals surface area contributed by atoms with Gasteiger partial charge in [0.2, 0.25) is 41.4 Å². The van der Waals surface area contributed by atoms with Crippen molar-refractivity contribution < 1.29 is 43.5 Å². The summed E-state index contributed by atoms with van der Waals surface area (Å²) in [5.41, 5.74) is 17.2. The van der Waals surface area contributed by atoms with Gasteiger partial charge in [0, 0.05) is 13.0 Å². The second-order valence-corrected chi connectivity index (χ2v) is 17.5. The summed E-state index contributed by atoms with van der Waals surface area (Å²) in [5.74, 6) is -7.25. The molecule has 8 atom stereocenters. The molecule has 20 nitrogen and oxygen atoms in total. The Hall–Kier alpha value is -5.79. The minimum Gasteiger partial charge on any atom is -0.480 e. The van der Waals surface area contributed by atoms with Gasteiger partial charge in [-0.05, 0) is 68.8 Å². The number of aliphatic carboxylic acids is 1. The molecule has 0 heterocycles. The van der Waals surface area contributed by atoms with Crippen LogP contribution in [0.3, 0.4) is 0 Å². The lowest BCUT2D eigenvalue weighted by atomic mass is 9.98. The quantitative estimate of drug-likeness (QED) is 0.0304. The highest BCUT2D eigenvalue weighted by atomic mass is 16.4. The third-order valence-electron chi connectivity index (χ3n) is 9.82. The van der Waals surface area contributed by atoms with Crippen LogP contribution in [-0.4, -0.2) is 113 Å². The number of guanidine groups is 1. The fourth-order valence-corrected chi connectivity index (χ4v) is 6.31. The van der Waals surface area contributed by atoms with Gasteiger partial charge in [-0.2, -0.15) is 0 Å². The number of aliphatic imine (C=N–C) groups is 1. The highest BCUT2D eigenvalue weighted by Crippen LogP contribution is 2.13. The van der Waals surface area contributed by atoms with Crippen LogP contribution >= 0.6 is 0 Å². The Balaban J connectivity index is 3.36. The lowest BCUT2D eigenvalue weighted by Crippen LogP contribution is -2.61. The van der Waals surface area contributed by atoms with Crippen LogP contribution in [0.2, 0.25) is 0 Å². The second-order valence-electron chi connectivity index (χ2n) is 17.5. The summed E-state index contributed by atoms with van der Waals surface area (Å²) >= 11 is 0. The van der Waals surface area contributed by atoms with E-state index in [2.05, 4.69) is 42.2 Å². The van der Waals surface area contributed by atoms with Crippen molar-refractivity contribution in [3.8, 4) is 0 Å². The minimum atomic E-state index is -1.25. The molecule has 0 aliphatic rings. The number of rotatable bonds is 27. The van der Waals surface area contributed by atoms with Crippen LogP contribution in [0, 0.1) is 23.7 Å². The van der Waals surface area contributed by atoms with Crippen LogP contribution in [-0.2, 0) is 44.8 Å². The van der Waals surface area contributed by atoms with Crippen molar-refractivity contribution >= 4 is 53.3 Å². The molecule has 0 aliphatic heterocycles. The first kappa shape index (κ1) is 55.2. The predicted molar refractivity (Wildman–Crippen MR) is 239 cm³/mol. The smallest absolute Gasteiger partial charge is 0.326 e. The van der Waals surface area contributed by atoms with Crippen molar-refractivity contribution in [3.05, 3.63) is 35.9 Å². The van der Waals surface area contributed by atoms with Crippen LogP contribution in [0.25, 0.3) is 0 Å². The van der Waals surface area contributed by atoms with Crippen molar-refractivity contribution in [1.82, 2.24) is 37.2 Å². The first-order valence-corrected chi connectivity index (χ1v) is 21.5. The average Bonchev–Trinajstić information content (AvgIpc) is 3.18. The van der Waals surface area contributed by atoms with Gasteiger partial charge in [0.25, 0.3) is 0 Å². The lowest BCUT2D eigenvalue weighted by molar-refractivity contribution is -0.142. The van der Waals surface area contributed by atoms with Gasteiger partial charge in [-0.1, -0.05) is 85.7 Å². The summed E-state index contributed by atoms with van der Waals surface area (Å²) in [4.78, 5) is 110. The monoisotopic (exact) mass is 888 g/mol. The Morgan fingerprint density at radius 3 is 1.48 bits per heavy atom. The van der Waals surface area contributed by atoms with E-state index in [1.54, 1.807) is 58.0 Å². The fourth-order valence-electron chi connectivity index (χ4n) is 6.31. The molecule has 1 aromatic rings. The van der Waals surface area contributed by atoms with Gasteiger partial charge < -0.3 is 59.5 Å². The SMILES string of the molecule is CC(C)C[C@H](NC(=O)[C@H](C)NC(=O)[C@@H](NC(=O)[C@H](Cc1ccccc1)NC(=O)[C@H](CC(C)C)NC(=O)[C@@H](NC(=O)[C@H](CCCN=C(N)N)NC(=O)[C@H](C)N)C(C)C)C(C)C)C(=O)O. The van der Waals surface area contributed by atoms with E-state index < -0.39 is 107 Å². The van der Waals surface area contributed by atoms with Gasteiger partial charge in [-0.15, -0.1) is 0 Å². The number of carboxylic acid groups (broad SMARTS) is 1. The zero-order valence-corrected chi connectivity index (χ0v) is 38.5. The summed E-state index contributed by atoms with van der Waals surface area (Å²) in [6.07, 6.45) is 0.758. The van der Waals surface area contributed by atoms with Gasteiger partial charge in [0.05, 0.1) is 6.04 Å². The molecule has 1 aromatic carbocycles. The largest absolute Gasteiger partial charge is 0.480 e. The number of carbonyl (C=O) groups excluding carboxylic acids is 7. The molecule has 0 spiro atoms. The topological polar surface area (TPSA) is 331 Å². The number of nitrogens with one attached hydrogen (secondary N) is 7. The number of amides is 7. The number of carboxylic acids is 1. The molecule has 0 radical (unpaired) electrons. The van der Waals surface area contributed by atoms with Gasteiger partial charge in [0.15, 0.2) is 5.96 Å². The van der Waals surface area contributed by atoms with E-state index >= 15 is 0 Å². The van der Waals surface area contributed by atoms with Crippen molar-refractivity contribution in [2.24, 2.45) is 45.9 Å². The standard InChI is InChI=1S/C43H73N11O9/c1-22(2)19-30(51-41(61)34(25(7)8)53-37(57)29(49-35(55)26(9)44)17-14-18-47-43(45)46)38(58)50-31(21-28-15-12-11-13-16-28)39(59)54-33(24(5)6)40(60)48-27(10)36(56)52-32(42(62)63)20-23(3)4/h11-13,15-16,22-27,29-34H,14,17-21,44H2,1-10H3,(H,48,60)(H,49,55)(H,50,58)(H,51,61)(H,52,56)(H,53,57)(H,54,59)(H,62,63)(H4,45,46,47)/t26-,27-,29-,30-,31-,32-,33-,34-/m0/s1. The van der Waals surface area contributed by atoms with E-state index in [0.717, 1.165) is 0 Å². The van der Waals surface area contributed by atoms with Crippen LogP contribution < -0.4 is 54.4 Å². The number of hydrogen-bond donors (Lipinski definition) is 11. The minimum absolute atomic E-state index is 0.000809. The molecular weight excluding hydrogens is 815 g/mol. The fraction of sp³-hybridized carbons (Fsp3) is 0.651. The van der Waals surface area contributed by atoms with Gasteiger partial charge in [-0.3, -0.25) is 38.6 Å². The van der Waals surface area contributed by atoms with Gasteiger partial charge >= 0.3 is 5.97 Å². The van der Waals surface area contributed by atoms with E-state index in [0.29, 0.717) is 12.0 Å². The second kappa shape index (κ2) is 27.3. The maximum atomic E-state index is 14.2. The Labute approximate surface area is 371 Å². The molecule has 63 heavy (non-hydrogen) atoms. The zero-order valence-electron chi connectivity index (χ0n) is 38.5. The van der Waals surface area contributed by atoms with Crippen molar-refractivity contribution in [2.45, 2.75) is 150 Å². The maximum Gasteiger partial charge on any atom is 0.326 e. The number of hydrogen-bond acceptors (Lipinski definition) is 10. The molecule has 0 bridgehead atoms. The third kappa shape index (κ3) is 20.8. The van der Waals surface area contributed by atoms with Crippen molar-refractivity contribution in [1.29, 1.82) is 0 Å². The van der Waals surface area contributed by atoms with Crippen LogP contribution in [0.1, 0.15) is 100 Å². The zero-order chi connectivity index (χ0) is 48.1. The lowest BCUT2D eigenvalue weighted by Gasteiger charge is -2.30. The molecule has 0 aliphatic carbocycles. The van der Waals surface area contributed by atoms with E-state index in [1.807, 2.05) is 27.7 Å². The van der Waals surface area contributed by atoms with Crippen molar-refractivity contribution in [3.63, 3.8) is 0 Å². The van der Waals surface area contributed by atoms with Crippen LogP contribution in [0.15, 0.2) is 35.3 Å². The normalized spacial score (nSPS) is 15.1. The Morgan fingerprint density at radius 2 is 1.00 bits per heavy atom. The first-order valence-electron chi connectivity index (χ1n) is 21.5. The number of nitrogens with zero attached hydrogens (tertiary/aromatic N) is 1. The Morgan fingerprint density at radius 1 is 0.556 bits per heavy atom. The molecule has 1 rings (SSSR count). The van der Waals surface area contributed by atoms with E-state index in [9.17, 15) is 43.5 Å². The van der Waals surface area contributed by atoms with Crippen LogP contribution in [0.5, 0.6) is 0 Å². The number of nitrogens with two attached hydrogens (primary N) is 3. The average molecular weight is 888 g/mol. The highest BCUT2D eigenvalue weighted by Gasteiger charge is 2.35. The molecule has 7 amide bonds. The molecule has 14 N–H and O–H groups in total. The summed E-state index contributed by atoms with van der Waals surface area (Å²) < 4.78 is 0.